The van der Waals surface area contributed by atoms with E-state index < -0.39 is 0 Å². The Balaban J connectivity index is 0.00000242. The molecule has 2 amide bonds. The average Bonchev–Trinajstić information content (AvgIpc) is 2.53. The Bertz CT molecular complexity index is 505. The quantitative estimate of drug-likeness (QED) is 0.850. The molecule has 0 bridgehead atoms. The van der Waals surface area contributed by atoms with Crippen molar-refractivity contribution in [3.8, 4) is 0 Å². The van der Waals surface area contributed by atoms with E-state index in [0.29, 0.717) is 50.5 Å². The molecule has 1 aromatic carbocycles. The number of hydrogen-bond donors (Lipinski definition) is 2. The fraction of sp³-hybridized carbons (Fsp3) is 0.467. The van der Waals surface area contributed by atoms with Crippen LogP contribution in [0.25, 0.3) is 0 Å². The highest BCUT2D eigenvalue weighted by molar-refractivity contribution is 6.03. The molecule has 1 fully saturated rings. The van der Waals surface area contributed by atoms with Crippen LogP contribution in [0.4, 0.5) is 5.69 Å². The highest BCUT2D eigenvalue weighted by Gasteiger charge is 2.21. The van der Waals surface area contributed by atoms with Crippen LogP contribution in [0, 0.1) is 0 Å². The summed E-state index contributed by atoms with van der Waals surface area (Å²) >= 11 is 0. The van der Waals surface area contributed by atoms with Crippen molar-refractivity contribution >= 4 is 29.9 Å². The Morgan fingerprint density at radius 1 is 1.23 bits per heavy atom. The van der Waals surface area contributed by atoms with Gasteiger partial charge in [0.15, 0.2) is 0 Å². The summed E-state index contributed by atoms with van der Waals surface area (Å²) in [5.41, 5.74) is 1.09. The summed E-state index contributed by atoms with van der Waals surface area (Å²) in [5, 5.41) is 5.73. The number of para-hydroxylation sites is 1. The molecule has 0 spiro atoms. The second kappa shape index (κ2) is 9.40. The molecule has 0 saturated carbocycles. The highest BCUT2D eigenvalue weighted by Crippen LogP contribution is 2.18. The number of anilines is 1. The number of carbonyl (C=O) groups is 2. The number of morpholine rings is 1. The van der Waals surface area contributed by atoms with Crippen molar-refractivity contribution in [3.63, 3.8) is 0 Å². The van der Waals surface area contributed by atoms with Crippen molar-refractivity contribution in [3.05, 3.63) is 29.8 Å². The van der Waals surface area contributed by atoms with Gasteiger partial charge in [0.25, 0.3) is 5.91 Å². The second-order valence-electron chi connectivity index (χ2n) is 4.85. The fourth-order valence-electron chi connectivity index (χ4n) is 2.17. The predicted molar refractivity (Wildman–Crippen MR) is 87.6 cm³/mol. The van der Waals surface area contributed by atoms with Gasteiger partial charge in [-0.25, -0.2) is 0 Å². The normalized spacial score (nSPS) is 14.1. The van der Waals surface area contributed by atoms with Gasteiger partial charge in [-0.15, -0.1) is 12.4 Å². The van der Waals surface area contributed by atoms with Crippen LogP contribution in [-0.4, -0.2) is 56.6 Å². The maximum Gasteiger partial charge on any atom is 0.256 e. The smallest absolute Gasteiger partial charge is 0.256 e. The summed E-state index contributed by atoms with van der Waals surface area (Å²) in [5.74, 6) is -0.172. The SMILES string of the molecule is CNCCC(=O)Nc1ccccc1C(=O)N1CCOCC1.Cl. The molecule has 1 aromatic rings. The zero-order valence-electron chi connectivity index (χ0n) is 12.6. The van der Waals surface area contributed by atoms with Gasteiger partial charge in [-0.1, -0.05) is 12.1 Å². The zero-order chi connectivity index (χ0) is 15.1. The molecular weight excluding hydrogens is 306 g/mol. The summed E-state index contributed by atoms with van der Waals surface area (Å²) in [7, 11) is 1.79. The Morgan fingerprint density at radius 3 is 2.59 bits per heavy atom. The van der Waals surface area contributed by atoms with Crippen LogP contribution in [0.5, 0.6) is 0 Å². The minimum absolute atomic E-state index is 0. The van der Waals surface area contributed by atoms with E-state index in [-0.39, 0.29) is 24.2 Å². The number of nitrogens with zero attached hydrogens (tertiary/aromatic N) is 1. The number of carbonyl (C=O) groups excluding carboxylic acids is 2. The van der Waals surface area contributed by atoms with Crippen molar-refractivity contribution in [1.82, 2.24) is 10.2 Å². The largest absolute Gasteiger partial charge is 0.378 e. The van der Waals surface area contributed by atoms with E-state index in [0.717, 1.165) is 0 Å². The van der Waals surface area contributed by atoms with E-state index in [4.69, 9.17) is 4.74 Å². The summed E-state index contributed by atoms with van der Waals surface area (Å²) in [6.45, 7) is 2.89. The van der Waals surface area contributed by atoms with Gasteiger partial charge in [0, 0.05) is 26.1 Å². The number of halogens is 1. The molecule has 7 heteroatoms. The van der Waals surface area contributed by atoms with E-state index in [2.05, 4.69) is 10.6 Å². The molecule has 2 rings (SSSR count). The number of hydrogen-bond acceptors (Lipinski definition) is 4. The van der Waals surface area contributed by atoms with Crippen LogP contribution >= 0.6 is 12.4 Å². The summed E-state index contributed by atoms with van der Waals surface area (Å²) in [4.78, 5) is 26.1. The lowest BCUT2D eigenvalue weighted by Gasteiger charge is -2.27. The fourth-order valence-corrected chi connectivity index (χ4v) is 2.17. The molecule has 1 aliphatic heterocycles. The van der Waals surface area contributed by atoms with Crippen molar-refractivity contribution in [2.75, 3.05) is 45.2 Å². The number of rotatable bonds is 5. The molecule has 1 saturated heterocycles. The lowest BCUT2D eigenvalue weighted by Crippen LogP contribution is -2.41. The lowest BCUT2D eigenvalue weighted by molar-refractivity contribution is -0.116. The van der Waals surface area contributed by atoms with Gasteiger partial charge >= 0.3 is 0 Å². The molecule has 2 N–H and O–H groups in total. The van der Waals surface area contributed by atoms with Crippen LogP contribution in [0.15, 0.2) is 24.3 Å². The molecule has 0 radical (unpaired) electrons. The van der Waals surface area contributed by atoms with Gasteiger partial charge in [-0.3, -0.25) is 9.59 Å². The van der Waals surface area contributed by atoms with Gasteiger partial charge in [-0.2, -0.15) is 0 Å². The molecule has 0 aromatic heterocycles. The molecule has 122 valence electrons. The molecule has 1 heterocycles. The van der Waals surface area contributed by atoms with E-state index >= 15 is 0 Å². The number of amides is 2. The monoisotopic (exact) mass is 327 g/mol. The van der Waals surface area contributed by atoms with Crippen LogP contribution in [0.2, 0.25) is 0 Å². The van der Waals surface area contributed by atoms with E-state index in [1.54, 1.807) is 30.1 Å². The van der Waals surface area contributed by atoms with Gasteiger partial charge < -0.3 is 20.3 Å². The summed E-state index contributed by atoms with van der Waals surface area (Å²) in [6.07, 6.45) is 0.372. The molecule has 0 atom stereocenters. The number of ether oxygens (including phenoxy) is 1. The first kappa shape index (κ1) is 18.4. The van der Waals surface area contributed by atoms with Crippen molar-refractivity contribution in [2.45, 2.75) is 6.42 Å². The third kappa shape index (κ3) is 4.98. The average molecular weight is 328 g/mol. The minimum Gasteiger partial charge on any atom is -0.378 e. The van der Waals surface area contributed by atoms with E-state index in [1.165, 1.54) is 0 Å². The predicted octanol–water partition coefficient (Wildman–Crippen LogP) is 1.13. The maximum absolute atomic E-state index is 12.5. The molecule has 22 heavy (non-hydrogen) atoms. The maximum atomic E-state index is 12.5. The molecule has 1 aliphatic rings. The Labute approximate surface area is 136 Å². The second-order valence-corrected chi connectivity index (χ2v) is 4.85. The minimum atomic E-state index is -0.105. The Morgan fingerprint density at radius 2 is 1.91 bits per heavy atom. The zero-order valence-corrected chi connectivity index (χ0v) is 13.4. The first-order valence-electron chi connectivity index (χ1n) is 7.13. The summed E-state index contributed by atoms with van der Waals surface area (Å²) < 4.78 is 5.25. The highest BCUT2D eigenvalue weighted by atomic mass is 35.5. The Kier molecular flexibility index (Phi) is 7.87. The summed E-state index contributed by atoms with van der Waals surface area (Å²) in [6, 6.07) is 7.11. The van der Waals surface area contributed by atoms with E-state index in [9.17, 15) is 9.59 Å². The van der Waals surface area contributed by atoms with Crippen molar-refractivity contribution < 1.29 is 14.3 Å². The third-order valence-electron chi connectivity index (χ3n) is 3.33. The van der Waals surface area contributed by atoms with E-state index in [1.807, 2.05) is 6.07 Å². The van der Waals surface area contributed by atoms with Crippen LogP contribution in [0.1, 0.15) is 16.8 Å². The van der Waals surface area contributed by atoms with Gasteiger partial charge in [0.2, 0.25) is 5.91 Å². The van der Waals surface area contributed by atoms with Gasteiger partial charge in [0.1, 0.15) is 0 Å². The topological polar surface area (TPSA) is 70.7 Å². The molecule has 6 nitrogen and oxygen atoms in total. The third-order valence-corrected chi connectivity index (χ3v) is 3.33. The molecule has 0 aliphatic carbocycles. The number of benzene rings is 1. The molecule has 0 unspecified atom stereocenters. The van der Waals surface area contributed by atoms with Gasteiger partial charge in [0.05, 0.1) is 24.5 Å². The Hall–Kier alpha value is -1.63. The van der Waals surface area contributed by atoms with Crippen molar-refractivity contribution in [2.24, 2.45) is 0 Å². The van der Waals surface area contributed by atoms with Crippen LogP contribution < -0.4 is 10.6 Å². The van der Waals surface area contributed by atoms with Crippen LogP contribution in [-0.2, 0) is 9.53 Å². The molecular formula is C15H22ClN3O3. The van der Waals surface area contributed by atoms with Crippen LogP contribution in [0.3, 0.4) is 0 Å². The standard InChI is InChI=1S/C15H21N3O3.ClH/c1-16-7-6-14(19)17-13-5-3-2-4-12(13)15(20)18-8-10-21-11-9-18;/h2-5,16H,6-11H2,1H3,(H,17,19);1H. The van der Waals surface area contributed by atoms with Crippen molar-refractivity contribution in [1.29, 1.82) is 0 Å². The first-order chi connectivity index (χ1) is 10.2. The number of nitrogens with one attached hydrogen (secondary N) is 2. The first-order valence-corrected chi connectivity index (χ1v) is 7.13. The lowest BCUT2D eigenvalue weighted by atomic mass is 10.1. The van der Waals surface area contributed by atoms with Gasteiger partial charge in [-0.05, 0) is 19.2 Å².